The molecule has 0 bridgehead atoms. The Balaban J connectivity index is 1.78. The molecular formula is C19H22N2O4S2. The molecule has 2 aromatic carbocycles. The Kier molecular flexibility index (Phi) is 5.69. The van der Waals surface area contributed by atoms with Crippen LogP contribution in [0.1, 0.15) is 30.9 Å². The molecule has 6 nitrogen and oxygen atoms in total. The predicted octanol–water partition coefficient (Wildman–Crippen LogP) is 3.10. The molecule has 0 aromatic heterocycles. The summed E-state index contributed by atoms with van der Waals surface area (Å²) in [6.45, 7) is 2.23. The van der Waals surface area contributed by atoms with Crippen molar-refractivity contribution in [1.82, 2.24) is 4.72 Å². The molecule has 1 aliphatic rings. The van der Waals surface area contributed by atoms with E-state index in [4.69, 9.17) is 0 Å². The highest BCUT2D eigenvalue weighted by atomic mass is 32.2. The largest absolute Gasteiger partial charge is 0.280 e. The highest BCUT2D eigenvalue weighted by Crippen LogP contribution is 2.28. The first-order valence-electron chi connectivity index (χ1n) is 8.73. The number of hydrogen-bond acceptors (Lipinski definition) is 4. The molecule has 0 radical (unpaired) electrons. The van der Waals surface area contributed by atoms with Gasteiger partial charge < -0.3 is 0 Å². The molecule has 144 valence electrons. The number of fused-ring (bicyclic) bond motifs is 1. The Morgan fingerprint density at radius 1 is 0.889 bits per heavy atom. The molecule has 27 heavy (non-hydrogen) atoms. The zero-order valence-corrected chi connectivity index (χ0v) is 16.6. The van der Waals surface area contributed by atoms with Crippen LogP contribution in [0.25, 0.3) is 6.08 Å². The first-order chi connectivity index (χ1) is 12.8. The van der Waals surface area contributed by atoms with E-state index in [0.29, 0.717) is 36.4 Å². The third-order valence-electron chi connectivity index (χ3n) is 4.32. The van der Waals surface area contributed by atoms with E-state index in [2.05, 4.69) is 9.44 Å². The van der Waals surface area contributed by atoms with Crippen molar-refractivity contribution < 1.29 is 16.8 Å². The van der Waals surface area contributed by atoms with Crippen molar-refractivity contribution in [1.29, 1.82) is 0 Å². The van der Waals surface area contributed by atoms with E-state index in [1.54, 1.807) is 6.08 Å². The second kappa shape index (κ2) is 7.84. The van der Waals surface area contributed by atoms with Crippen LogP contribution in [-0.2, 0) is 26.5 Å². The third kappa shape index (κ3) is 4.58. The summed E-state index contributed by atoms with van der Waals surface area (Å²) >= 11 is 0. The second-order valence-corrected chi connectivity index (χ2v) is 9.84. The SMILES string of the molecule is CCCNS(=O)(=O)c1ccc(NS(=O)(=O)C2=Cc3ccccc3CC2)cc1. The van der Waals surface area contributed by atoms with E-state index < -0.39 is 20.0 Å². The molecule has 0 fully saturated rings. The first-order valence-corrected chi connectivity index (χ1v) is 11.7. The summed E-state index contributed by atoms with van der Waals surface area (Å²) in [6.07, 6.45) is 3.48. The second-order valence-electron chi connectivity index (χ2n) is 6.34. The van der Waals surface area contributed by atoms with E-state index in [9.17, 15) is 16.8 Å². The van der Waals surface area contributed by atoms with Gasteiger partial charge in [-0.15, -0.1) is 0 Å². The molecule has 8 heteroatoms. The number of rotatable bonds is 7. The molecular weight excluding hydrogens is 384 g/mol. The summed E-state index contributed by atoms with van der Waals surface area (Å²) in [6, 6.07) is 13.4. The van der Waals surface area contributed by atoms with Crippen LogP contribution in [0.2, 0.25) is 0 Å². The molecule has 0 aliphatic heterocycles. The van der Waals surface area contributed by atoms with Gasteiger partial charge in [-0.2, -0.15) is 0 Å². The summed E-state index contributed by atoms with van der Waals surface area (Å²) in [7, 11) is -7.27. The molecule has 1 aliphatic carbocycles. The molecule has 0 amide bonds. The van der Waals surface area contributed by atoms with Crippen LogP contribution in [-0.4, -0.2) is 23.4 Å². The Morgan fingerprint density at radius 2 is 1.59 bits per heavy atom. The zero-order chi connectivity index (χ0) is 19.5. The predicted molar refractivity (Wildman–Crippen MR) is 107 cm³/mol. The Labute approximate surface area is 160 Å². The summed E-state index contributed by atoms with van der Waals surface area (Å²) in [5.41, 5.74) is 2.36. The average molecular weight is 407 g/mol. The van der Waals surface area contributed by atoms with Gasteiger partial charge in [0, 0.05) is 12.2 Å². The fourth-order valence-electron chi connectivity index (χ4n) is 2.86. The fraction of sp³-hybridized carbons (Fsp3) is 0.263. The van der Waals surface area contributed by atoms with Gasteiger partial charge in [-0.25, -0.2) is 21.6 Å². The Hall–Kier alpha value is -2.16. The first kappa shape index (κ1) is 19.6. The lowest BCUT2D eigenvalue weighted by molar-refractivity contribution is 0.581. The Bertz CT molecular complexity index is 1060. The van der Waals surface area contributed by atoms with Gasteiger partial charge in [0.25, 0.3) is 10.0 Å². The van der Waals surface area contributed by atoms with Crippen LogP contribution in [0.5, 0.6) is 0 Å². The fourth-order valence-corrected chi connectivity index (χ4v) is 5.22. The van der Waals surface area contributed by atoms with Crippen LogP contribution >= 0.6 is 0 Å². The number of allylic oxidation sites excluding steroid dienone is 1. The number of aryl methyl sites for hydroxylation is 1. The molecule has 0 atom stereocenters. The summed E-state index contributed by atoms with van der Waals surface area (Å²) in [4.78, 5) is 0.423. The number of nitrogens with one attached hydrogen (secondary N) is 2. The lowest BCUT2D eigenvalue weighted by Crippen LogP contribution is -2.24. The topological polar surface area (TPSA) is 92.3 Å². The molecule has 3 rings (SSSR count). The standard InChI is InChI=1S/C19H22N2O4S2/c1-2-13-20-26(22,23)18-11-8-17(9-12-18)21-27(24,25)19-10-7-15-5-3-4-6-16(15)14-19/h3-6,8-9,11-12,14,20-21H,2,7,10,13H2,1H3. The van der Waals surface area contributed by atoms with Crippen molar-refractivity contribution in [2.45, 2.75) is 31.1 Å². The minimum atomic E-state index is -3.70. The lowest BCUT2D eigenvalue weighted by atomic mass is 9.98. The number of benzene rings is 2. The molecule has 0 saturated heterocycles. The van der Waals surface area contributed by atoms with E-state index in [1.807, 2.05) is 31.2 Å². The van der Waals surface area contributed by atoms with Crippen molar-refractivity contribution in [3.8, 4) is 0 Å². The van der Waals surface area contributed by atoms with Crippen molar-refractivity contribution in [2.24, 2.45) is 0 Å². The van der Waals surface area contributed by atoms with Gasteiger partial charge in [-0.3, -0.25) is 4.72 Å². The summed E-state index contributed by atoms with van der Waals surface area (Å²) < 4.78 is 54.5. The monoisotopic (exact) mass is 406 g/mol. The van der Waals surface area contributed by atoms with Gasteiger partial charge >= 0.3 is 0 Å². The summed E-state index contributed by atoms with van der Waals surface area (Å²) in [5.74, 6) is 0. The van der Waals surface area contributed by atoms with E-state index >= 15 is 0 Å². The van der Waals surface area contributed by atoms with Crippen molar-refractivity contribution in [3.05, 3.63) is 64.6 Å². The molecule has 2 aromatic rings. The van der Waals surface area contributed by atoms with Crippen LogP contribution in [0.15, 0.2) is 58.3 Å². The molecule has 0 saturated carbocycles. The Morgan fingerprint density at radius 3 is 2.30 bits per heavy atom. The molecule has 2 N–H and O–H groups in total. The minimum absolute atomic E-state index is 0.102. The quantitative estimate of drug-likeness (QED) is 0.739. The maximum absolute atomic E-state index is 12.7. The lowest BCUT2D eigenvalue weighted by Gasteiger charge is -2.17. The smallest absolute Gasteiger partial charge is 0.258 e. The highest BCUT2D eigenvalue weighted by Gasteiger charge is 2.22. The normalized spacial score (nSPS) is 14.3. The van der Waals surface area contributed by atoms with Gasteiger partial charge in [0.2, 0.25) is 10.0 Å². The van der Waals surface area contributed by atoms with Crippen LogP contribution in [0.3, 0.4) is 0 Å². The zero-order valence-electron chi connectivity index (χ0n) is 15.0. The van der Waals surface area contributed by atoms with Crippen LogP contribution < -0.4 is 9.44 Å². The maximum atomic E-state index is 12.7. The highest BCUT2D eigenvalue weighted by molar-refractivity contribution is 7.96. The van der Waals surface area contributed by atoms with Gasteiger partial charge in [-0.05, 0) is 60.7 Å². The third-order valence-corrected chi connectivity index (χ3v) is 7.31. The van der Waals surface area contributed by atoms with Crippen LogP contribution in [0.4, 0.5) is 5.69 Å². The van der Waals surface area contributed by atoms with Crippen molar-refractivity contribution >= 4 is 31.8 Å². The number of sulfonamides is 2. The van der Waals surface area contributed by atoms with Gasteiger partial charge in [0.15, 0.2) is 0 Å². The number of anilines is 1. The van der Waals surface area contributed by atoms with Crippen molar-refractivity contribution in [2.75, 3.05) is 11.3 Å². The maximum Gasteiger partial charge on any atom is 0.258 e. The molecule has 0 spiro atoms. The average Bonchev–Trinajstić information content (AvgIpc) is 2.66. The van der Waals surface area contributed by atoms with E-state index in [1.165, 1.54) is 24.3 Å². The molecule has 0 heterocycles. The van der Waals surface area contributed by atoms with Gasteiger partial charge in [-0.1, -0.05) is 31.2 Å². The molecule has 0 unspecified atom stereocenters. The van der Waals surface area contributed by atoms with E-state index in [-0.39, 0.29) is 4.90 Å². The summed E-state index contributed by atoms with van der Waals surface area (Å²) in [5, 5.41) is 0. The van der Waals surface area contributed by atoms with Gasteiger partial charge in [0.05, 0.1) is 9.80 Å². The van der Waals surface area contributed by atoms with E-state index in [0.717, 1.165) is 11.1 Å². The minimum Gasteiger partial charge on any atom is -0.280 e. The number of hydrogen-bond donors (Lipinski definition) is 2. The van der Waals surface area contributed by atoms with Gasteiger partial charge in [0.1, 0.15) is 0 Å². The van der Waals surface area contributed by atoms with Crippen molar-refractivity contribution in [3.63, 3.8) is 0 Å². The van der Waals surface area contributed by atoms with Crippen LogP contribution in [0, 0.1) is 0 Å².